The van der Waals surface area contributed by atoms with Crippen LogP contribution in [0.25, 0.3) is 0 Å². The van der Waals surface area contributed by atoms with Crippen LogP contribution in [-0.2, 0) is 23.9 Å². The lowest BCUT2D eigenvalue weighted by Gasteiger charge is -2.40. The average Bonchev–Trinajstić information content (AvgIpc) is 3.31. The number of likely N-dealkylation sites (tertiary alicyclic amines) is 1. The Balaban J connectivity index is 2.13. The molecule has 3 unspecified atom stereocenters. The van der Waals surface area contributed by atoms with Crippen molar-refractivity contribution in [2.45, 2.75) is 90.5 Å². The Bertz CT molecular complexity index is 830. The molecular weight excluding hydrogens is 448 g/mol. The van der Waals surface area contributed by atoms with Crippen LogP contribution in [0.3, 0.4) is 0 Å². The molecule has 3 rings (SSSR count). The number of esters is 1. The summed E-state index contributed by atoms with van der Waals surface area (Å²) in [5.74, 6) is -2.69. The van der Waals surface area contributed by atoms with Gasteiger partial charge in [0.15, 0.2) is 0 Å². The Morgan fingerprint density at radius 1 is 1.34 bits per heavy atom. The number of amides is 2. The molecule has 3 saturated heterocycles. The summed E-state index contributed by atoms with van der Waals surface area (Å²) in [5, 5.41) is 10.3. The third kappa shape index (κ3) is 4.31. The molecule has 3 heterocycles. The second-order valence-electron chi connectivity index (χ2n) is 11.0. The predicted octanol–water partition coefficient (Wildman–Crippen LogP) is 2.78. The Morgan fingerprint density at radius 3 is 2.57 bits per heavy atom. The van der Waals surface area contributed by atoms with Gasteiger partial charge in [-0.1, -0.05) is 46.6 Å². The molecule has 0 radical (unpaired) electrons. The monoisotopic (exact) mass is 492 g/mol. The molecule has 2 amide bonds. The Kier molecular flexibility index (Phi) is 8.37. The zero-order chi connectivity index (χ0) is 26.1. The van der Waals surface area contributed by atoms with E-state index in [1.165, 1.54) is 0 Å². The summed E-state index contributed by atoms with van der Waals surface area (Å²) in [6, 6.07) is -1.48. The Hall–Kier alpha value is -1.93. The van der Waals surface area contributed by atoms with Crippen molar-refractivity contribution in [1.29, 1.82) is 0 Å². The standard InChI is InChI=1S/C27H44N2O6/c1-8-11-12-14-28(13-9-2)24(32)22-27-15-18(6)26(7,35-27)21(25(33)34-10-3)20(27)23(31)29(22)19(16-30)17(4)5/h9,17-22,30H,2,8,10-16H2,1,3-7H3/t18?,19-,20-,21+,22?,26-,27?/m0/s1. The lowest BCUT2D eigenvalue weighted by Crippen LogP contribution is -2.59. The Morgan fingerprint density at radius 2 is 2.03 bits per heavy atom. The highest BCUT2D eigenvalue weighted by Gasteiger charge is 2.80. The fourth-order valence-corrected chi connectivity index (χ4v) is 6.70. The van der Waals surface area contributed by atoms with E-state index in [9.17, 15) is 19.5 Å². The number of unbranched alkanes of at least 4 members (excludes halogenated alkanes) is 2. The van der Waals surface area contributed by atoms with E-state index in [2.05, 4.69) is 13.5 Å². The zero-order valence-electron chi connectivity index (χ0n) is 22.3. The molecule has 2 bridgehead atoms. The molecule has 0 aromatic heterocycles. The van der Waals surface area contributed by atoms with E-state index in [0.29, 0.717) is 19.5 Å². The van der Waals surface area contributed by atoms with Crippen molar-refractivity contribution in [2.24, 2.45) is 23.7 Å². The van der Waals surface area contributed by atoms with Gasteiger partial charge in [0.1, 0.15) is 17.6 Å². The largest absolute Gasteiger partial charge is 0.466 e. The van der Waals surface area contributed by atoms with Gasteiger partial charge in [0.05, 0.1) is 30.8 Å². The average molecular weight is 493 g/mol. The van der Waals surface area contributed by atoms with E-state index < -0.39 is 41.1 Å². The van der Waals surface area contributed by atoms with Crippen LogP contribution >= 0.6 is 0 Å². The van der Waals surface area contributed by atoms with Crippen LogP contribution in [0.5, 0.6) is 0 Å². The van der Waals surface area contributed by atoms with Crippen molar-refractivity contribution in [3.63, 3.8) is 0 Å². The third-order valence-electron chi connectivity index (χ3n) is 8.53. The fourth-order valence-electron chi connectivity index (χ4n) is 6.70. The third-order valence-corrected chi connectivity index (χ3v) is 8.53. The number of rotatable bonds is 12. The van der Waals surface area contributed by atoms with Crippen molar-refractivity contribution in [2.75, 3.05) is 26.3 Å². The van der Waals surface area contributed by atoms with E-state index in [1.54, 1.807) is 22.8 Å². The maximum atomic E-state index is 14.3. The van der Waals surface area contributed by atoms with E-state index in [0.717, 1.165) is 19.3 Å². The van der Waals surface area contributed by atoms with Crippen LogP contribution in [-0.4, -0.2) is 82.3 Å². The first-order valence-electron chi connectivity index (χ1n) is 13.2. The predicted molar refractivity (Wildman–Crippen MR) is 132 cm³/mol. The minimum absolute atomic E-state index is 0.0456. The summed E-state index contributed by atoms with van der Waals surface area (Å²) in [6.07, 6.45) is 5.06. The van der Waals surface area contributed by atoms with Gasteiger partial charge in [-0.05, 0) is 38.5 Å². The maximum absolute atomic E-state index is 14.3. The number of nitrogens with zero attached hydrogens (tertiary/aromatic N) is 2. The molecule has 3 aliphatic heterocycles. The second-order valence-corrected chi connectivity index (χ2v) is 11.0. The van der Waals surface area contributed by atoms with Gasteiger partial charge in [0.25, 0.3) is 0 Å². The molecule has 7 atom stereocenters. The summed E-state index contributed by atoms with van der Waals surface area (Å²) < 4.78 is 12.1. The number of hydrogen-bond donors (Lipinski definition) is 1. The number of hydrogen-bond acceptors (Lipinski definition) is 6. The molecular formula is C27H44N2O6. The molecule has 198 valence electrons. The Labute approximate surface area is 210 Å². The van der Waals surface area contributed by atoms with Crippen molar-refractivity contribution < 1.29 is 29.0 Å². The molecule has 0 saturated carbocycles. The van der Waals surface area contributed by atoms with Crippen molar-refractivity contribution >= 4 is 17.8 Å². The van der Waals surface area contributed by atoms with Crippen LogP contribution in [0.1, 0.15) is 67.2 Å². The minimum Gasteiger partial charge on any atom is -0.466 e. The fraction of sp³-hybridized carbons (Fsp3) is 0.815. The number of aliphatic hydroxyl groups is 1. The first-order chi connectivity index (χ1) is 16.5. The van der Waals surface area contributed by atoms with E-state index >= 15 is 0 Å². The van der Waals surface area contributed by atoms with Crippen LogP contribution in [0, 0.1) is 23.7 Å². The summed E-state index contributed by atoms with van der Waals surface area (Å²) in [7, 11) is 0. The van der Waals surface area contributed by atoms with E-state index in [4.69, 9.17) is 9.47 Å². The van der Waals surface area contributed by atoms with Gasteiger partial charge in [-0.3, -0.25) is 14.4 Å². The summed E-state index contributed by atoms with van der Waals surface area (Å²) in [5.41, 5.74) is -2.03. The van der Waals surface area contributed by atoms with E-state index in [-0.39, 0.29) is 36.9 Å². The van der Waals surface area contributed by atoms with Crippen molar-refractivity contribution in [3.8, 4) is 0 Å². The van der Waals surface area contributed by atoms with Gasteiger partial charge in [-0.25, -0.2) is 0 Å². The molecule has 1 spiro atoms. The van der Waals surface area contributed by atoms with Gasteiger partial charge in [0.2, 0.25) is 11.8 Å². The van der Waals surface area contributed by atoms with Crippen molar-refractivity contribution in [1.82, 2.24) is 9.80 Å². The first kappa shape index (κ1) is 27.7. The quantitative estimate of drug-likeness (QED) is 0.256. The van der Waals surface area contributed by atoms with Gasteiger partial charge in [-0.15, -0.1) is 6.58 Å². The number of carbonyl (C=O) groups is 3. The highest BCUT2D eigenvalue weighted by Crippen LogP contribution is 2.65. The summed E-state index contributed by atoms with van der Waals surface area (Å²) in [4.78, 5) is 44.9. The molecule has 8 heteroatoms. The molecule has 8 nitrogen and oxygen atoms in total. The number of fused-ring (bicyclic) bond motifs is 1. The lowest BCUT2D eigenvalue weighted by atomic mass is 9.62. The zero-order valence-corrected chi connectivity index (χ0v) is 22.3. The molecule has 0 aromatic carbocycles. The SMILES string of the molecule is C=CCN(CCCCC)C(=O)C1N([C@@H](CO)C(C)C)C(=O)[C@@H]2[C@H](C(=O)OCC)[C@@]3(C)OC12CC3C. The van der Waals surface area contributed by atoms with Crippen LogP contribution < -0.4 is 0 Å². The first-order valence-corrected chi connectivity index (χ1v) is 13.2. The molecule has 35 heavy (non-hydrogen) atoms. The van der Waals surface area contributed by atoms with Gasteiger partial charge in [0, 0.05) is 13.1 Å². The van der Waals surface area contributed by atoms with E-state index in [1.807, 2.05) is 27.7 Å². The van der Waals surface area contributed by atoms with Crippen LogP contribution in [0.15, 0.2) is 12.7 Å². The number of aliphatic hydroxyl groups excluding tert-OH is 1. The molecule has 0 aromatic rings. The minimum atomic E-state index is -1.13. The van der Waals surface area contributed by atoms with Gasteiger partial charge in [-0.2, -0.15) is 0 Å². The summed E-state index contributed by atoms with van der Waals surface area (Å²) >= 11 is 0. The normalized spacial score (nSPS) is 34.3. The van der Waals surface area contributed by atoms with Crippen LogP contribution in [0.2, 0.25) is 0 Å². The van der Waals surface area contributed by atoms with Crippen LogP contribution in [0.4, 0.5) is 0 Å². The number of carbonyl (C=O) groups excluding carboxylic acids is 3. The van der Waals surface area contributed by atoms with Gasteiger partial charge >= 0.3 is 5.97 Å². The topological polar surface area (TPSA) is 96.4 Å². The molecule has 1 N–H and O–H groups in total. The highest BCUT2D eigenvalue weighted by molar-refractivity contribution is 5.98. The molecule has 3 fully saturated rings. The molecule has 3 aliphatic rings. The highest BCUT2D eigenvalue weighted by atomic mass is 16.6. The van der Waals surface area contributed by atoms with Crippen molar-refractivity contribution in [3.05, 3.63) is 12.7 Å². The second kappa shape index (κ2) is 10.6. The van der Waals surface area contributed by atoms with Gasteiger partial charge < -0.3 is 24.4 Å². The summed E-state index contributed by atoms with van der Waals surface area (Å²) in [6.45, 7) is 16.3. The number of ether oxygens (including phenoxy) is 2. The smallest absolute Gasteiger partial charge is 0.312 e. The maximum Gasteiger partial charge on any atom is 0.312 e. The molecule has 0 aliphatic carbocycles. The lowest BCUT2D eigenvalue weighted by molar-refractivity contribution is -0.164.